The second-order valence-electron chi connectivity index (χ2n) is 6.84. The number of non-ortho nitro benzene ring substituents is 1. The normalized spacial score (nSPS) is 13.1. The van der Waals surface area contributed by atoms with E-state index < -0.39 is 28.9 Å². The second-order valence-corrected chi connectivity index (χ2v) is 6.84. The van der Waals surface area contributed by atoms with E-state index in [0.29, 0.717) is 5.69 Å². The third kappa shape index (κ3) is 6.28. The van der Waals surface area contributed by atoms with Crippen molar-refractivity contribution in [3.63, 3.8) is 0 Å². The summed E-state index contributed by atoms with van der Waals surface area (Å²) in [5.41, 5.74) is 0.292. The summed E-state index contributed by atoms with van der Waals surface area (Å²) in [5.74, 6) is -1.98. The van der Waals surface area contributed by atoms with Crippen LogP contribution in [0, 0.1) is 16.0 Å². The lowest BCUT2D eigenvalue weighted by Crippen LogP contribution is -2.49. The minimum absolute atomic E-state index is 0.0639. The van der Waals surface area contributed by atoms with E-state index >= 15 is 0 Å². The van der Waals surface area contributed by atoms with Crippen LogP contribution < -0.4 is 10.2 Å². The molecule has 3 N–H and O–H groups in total. The van der Waals surface area contributed by atoms with Gasteiger partial charge in [0.05, 0.1) is 16.8 Å². The van der Waals surface area contributed by atoms with Crippen LogP contribution in [0.15, 0.2) is 36.8 Å². The first-order valence-corrected chi connectivity index (χ1v) is 8.83. The van der Waals surface area contributed by atoms with Crippen molar-refractivity contribution in [2.75, 3.05) is 0 Å². The maximum Gasteiger partial charge on any atom is 0.321 e. The number of benzene rings is 1. The highest BCUT2D eigenvalue weighted by atomic mass is 16.7. The molecular weight excluding hydrogens is 384 g/mol. The topological polar surface area (TPSA) is 157 Å². The van der Waals surface area contributed by atoms with Crippen molar-refractivity contribution >= 4 is 17.6 Å². The predicted octanol–water partition coefficient (Wildman–Crippen LogP) is 1.72. The summed E-state index contributed by atoms with van der Waals surface area (Å²) in [6.07, 6.45) is 2.92. The van der Waals surface area contributed by atoms with Crippen LogP contribution in [-0.4, -0.2) is 48.9 Å². The average molecular weight is 406 g/mol. The molecule has 0 spiro atoms. The van der Waals surface area contributed by atoms with Crippen molar-refractivity contribution in [3.05, 3.63) is 52.6 Å². The first-order chi connectivity index (χ1) is 13.7. The van der Waals surface area contributed by atoms with Crippen LogP contribution in [0.2, 0.25) is 0 Å². The number of nitrogens with one attached hydrogen (secondary N) is 1. The van der Waals surface area contributed by atoms with Gasteiger partial charge in [-0.2, -0.15) is 4.73 Å². The second kappa shape index (κ2) is 9.64. The monoisotopic (exact) mass is 406 g/mol. The molecule has 2 atom stereocenters. The van der Waals surface area contributed by atoms with Gasteiger partial charge >= 0.3 is 11.9 Å². The minimum atomic E-state index is -1.21. The largest absolute Gasteiger partial charge is 0.480 e. The third-order valence-electron chi connectivity index (χ3n) is 4.05. The zero-order chi connectivity index (χ0) is 21.6. The summed E-state index contributed by atoms with van der Waals surface area (Å²) in [6, 6.07) is 3.16. The number of carbonyl (C=O) groups is 2. The molecule has 0 aliphatic carbocycles. The van der Waals surface area contributed by atoms with E-state index in [2.05, 4.69) is 10.3 Å². The summed E-state index contributed by atoms with van der Waals surface area (Å²) < 4.78 is 1.23. The van der Waals surface area contributed by atoms with E-state index in [1.807, 2.05) is 13.8 Å². The number of imidazole rings is 1. The molecule has 0 saturated heterocycles. The number of nitrogens with zero attached hydrogens (tertiary/aromatic N) is 3. The van der Waals surface area contributed by atoms with Crippen LogP contribution >= 0.6 is 0 Å². The fraction of sp³-hybridized carbons (Fsp3) is 0.389. The first-order valence-electron chi connectivity index (χ1n) is 8.83. The quantitative estimate of drug-likeness (QED) is 0.373. The van der Waals surface area contributed by atoms with Crippen molar-refractivity contribution in [2.24, 2.45) is 5.92 Å². The molecule has 11 heteroatoms. The standard InChI is InChI=1S/C18H22N4O7/c1-11(2)7-15(17(23)24)20-16(18(25)26)8-13-9-19-10-21(13)29-14-5-3-12(4-6-14)22(27)28/h3-6,9-11,15-16,20H,7-8H2,1-2H3,(H,23,24)(H,25,26). The molecule has 1 heterocycles. The predicted molar refractivity (Wildman–Crippen MR) is 100 cm³/mol. The Morgan fingerprint density at radius 1 is 1.21 bits per heavy atom. The number of carboxylic acids is 2. The van der Waals surface area contributed by atoms with Gasteiger partial charge < -0.3 is 15.1 Å². The van der Waals surface area contributed by atoms with Crippen LogP contribution in [0.5, 0.6) is 5.75 Å². The Kier molecular flexibility index (Phi) is 7.26. The van der Waals surface area contributed by atoms with Crippen molar-refractivity contribution in [1.29, 1.82) is 0 Å². The van der Waals surface area contributed by atoms with E-state index in [4.69, 9.17) is 4.84 Å². The average Bonchev–Trinajstić information content (AvgIpc) is 3.07. The molecule has 1 aromatic heterocycles. The SMILES string of the molecule is CC(C)CC(NC(Cc1cncn1Oc1ccc([N+](=O)[O-])cc1)C(=O)O)C(=O)O. The highest BCUT2D eigenvalue weighted by molar-refractivity contribution is 5.77. The van der Waals surface area contributed by atoms with Gasteiger partial charge in [-0.1, -0.05) is 13.8 Å². The van der Waals surface area contributed by atoms with Gasteiger partial charge in [0.15, 0.2) is 5.75 Å². The summed E-state index contributed by atoms with van der Waals surface area (Å²) in [5, 5.41) is 32.2. The van der Waals surface area contributed by atoms with Crippen molar-refractivity contribution in [2.45, 2.75) is 38.8 Å². The highest BCUT2D eigenvalue weighted by Crippen LogP contribution is 2.18. The number of carboxylic acid groups (broad SMARTS) is 2. The van der Waals surface area contributed by atoms with Gasteiger partial charge in [0, 0.05) is 18.6 Å². The number of nitro benzene ring substituents is 1. The van der Waals surface area contributed by atoms with E-state index in [1.54, 1.807) is 0 Å². The summed E-state index contributed by atoms with van der Waals surface area (Å²) in [7, 11) is 0. The molecule has 11 nitrogen and oxygen atoms in total. The van der Waals surface area contributed by atoms with Gasteiger partial charge in [0.25, 0.3) is 5.69 Å². The Morgan fingerprint density at radius 3 is 2.34 bits per heavy atom. The summed E-state index contributed by atoms with van der Waals surface area (Å²) >= 11 is 0. The molecule has 0 radical (unpaired) electrons. The number of rotatable bonds is 11. The molecule has 2 unspecified atom stereocenters. The maximum absolute atomic E-state index is 11.7. The molecule has 0 saturated carbocycles. The van der Waals surface area contributed by atoms with Crippen LogP contribution in [0.3, 0.4) is 0 Å². The van der Waals surface area contributed by atoms with E-state index in [-0.39, 0.29) is 30.2 Å². The molecule has 156 valence electrons. The number of nitro groups is 1. The molecule has 0 bridgehead atoms. The first kappa shape index (κ1) is 21.8. The van der Waals surface area contributed by atoms with E-state index in [0.717, 1.165) is 0 Å². The van der Waals surface area contributed by atoms with Gasteiger partial charge in [0.2, 0.25) is 0 Å². The Hall–Kier alpha value is -3.47. The molecule has 0 fully saturated rings. The molecule has 29 heavy (non-hydrogen) atoms. The fourth-order valence-electron chi connectivity index (χ4n) is 2.66. The Balaban J connectivity index is 2.13. The zero-order valence-corrected chi connectivity index (χ0v) is 15.9. The molecular formula is C18H22N4O7. The van der Waals surface area contributed by atoms with E-state index in [1.165, 1.54) is 41.5 Å². The molecule has 0 aliphatic rings. The number of hydrogen-bond acceptors (Lipinski definition) is 7. The lowest BCUT2D eigenvalue weighted by Gasteiger charge is -2.22. The number of hydrogen-bond donors (Lipinski definition) is 3. The Bertz CT molecular complexity index is 863. The van der Waals surface area contributed by atoms with Crippen LogP contribution in [0.25, 0.3) is 0 Å². The van der Waals surface area contributed by atoms with Crippen molar-refractivity contribution in [1.82, 2.24) is 15.0 Å². The van der Waals surface area contributed by atoms with Crippen LogP contribution in [-0.2, 0) is 16.0 Å². The molecule has 0 aliphatic heterocycles. The zero-order valence-electron chi connectivity index (χ0n) is 15.9. The molecule has 2 aromatic rings. The van der Waals surface area contributed by atoms with Crippen LogP contribution in [0.1, 0.15) is 26.0 Å². The fourth-order valence-corrected chi connectivity index (χ4v) is 2.66. The van der Waals surface area contributed by atoms with Gasteiger partial charge in [-0.3, -0.25) is 25.0 Å². The summed E-state index contributed by atoms with van der Waals surface area (Å²) in [4.78, 5) is 42.8. The molecule has 2 rings (SSSR count). The van der Waals surface area contributed by atoms with Gasteiger partial charge in [-0.25, -0.2) is 4.98 Å². The van der Waals surface area contributed by atoms with Crippen molar-refractivity contribution < 1.29 is 29.6 Å². The van der Waals surface area contributed by atoms with Crippen LogP contribution in [0.4, 0.5) is 5.69 Å². The molecule has 1 aromatic carbocycles. The summed E-state index contributed by atoms with van der Waals surface area (Å²) in [6.45, 7) is 3.70. The van der Waals surface area contributed by atoms with Gasteiger partial charge in [-0.15, -0.1) is 0 Å². The lowest BCUT2D eigenvalue weighted by molar-refractivity contribution is -0.384. The Labute approximate surface area is 166 Å². The Morgan fingerprint density at radius 2 is 1.83 bits per heavy atom. The smallest absolute Gasteiger partial charge is 0.321 e. The van der Waals surface area contributed by atoms with E-state index in [9.17, 15) is 29.9 Å². The maximum atomic E-state index is 11.7. The molecule has 0 amide bonds. The van der Waals surface area contributed by atoms with Gasteiger partial charge in [-0.05, 0) is 24.5 Å². The number of aliphatic carboxylic acids is 2. The number of aromatic nitrogens is 2. The minimum Gasteiger partial charge on any atom is -0.480 e. The lowest BCUT2D eigenvalue weighted by atomic mass is 10.0. The highest BCUT2D eigenvalue weighted by Gasteiger charge is 2.28. The van der Waals surface area contributed by atoms with Crippen molar-refractivity contribution in [3.8, 4) is 5.75 Å². The third-order valence-corrected chi connectivity index (χ3v) is 4.05. The van der Waals surface area contributed by atoms with Gasteiger partial charge in [0.1, 0.15) is 18.4 Å².